The van der Waals surface area contributed by atoms with E-state index < -0.39 is 16.3 Å². The quantitative estimate of drug-likeness (QED) is 0.614. The molecule has 1 saturated heterocycles. The van der Waals surface area contributed by atoms with Crippen molar-refractivity contribution in [3.8, 4) is 5.69 Å². The summed E-state index contributed by atoms with van der Waals surface area (Å²) in [6.45, 7) is 0.352. The van der Waals surface area contributed by atoms with Gasteiger partial charge in [-0.05, 0) is 24.8 Å². The number of aromatic nitrogens is 3. The Morgan fingerprint density at radius 3 is 2.52 bits per heavy atom. The van der Waals surface area contributed by atoms with Crippen LogP contribution in [0.1, 0.15) is 18.3 Å². The first-order chi connectivity index (χ1) is 11.9. The van der Waals surface area contributed by atoms with Crippen LogP contribution in [0, 0.1) is 0 Å². The smallest absolute Gasteiger partial charge is 0.273 e. The Hall–Kier alpha value is -1.07. The van der Waals surface area contributed by atoms with Gasteiger partial charge in [-0.25, -0.2) is 0 Å². The van der Waals surface area contributed by atoms with Crippen LogP contribution in [0.5, 0.6) is 0 Å². The Kier molecular flexibility index (Phi) is 5.45. The van der Waals surface area contributed by atoms with Crippen LogP contribution in [-0.4, -0.2) is 63.9 Å². The molecule has 0 saturated carbocycles. The predicted molar refractivity (Wildman–Crippen MR) is 103 cm³/mol. The van der Waals surface area contributed by atoms with Crippen LogP contribution >= 0.6 is 24.4 Å². The highest BCUT2D eigenvalue weighted by Gasteiger charge is 2.43. The molecule has 0 unspecified atom stereocenters. The highest BCUT2D eigenvalue weighted by Crippen LogP contribution is 2.38. The van der Waals surface area contributed by atoms with E-state index in [9.17, 15) is 8.42 Å². The van der Waals surface area contributed by atoms with Crippen molar-refractivity contribution in [2.24, 2.45) is 0 Å². The molecule has 0 radical (unpaired) electrons. The highest BCUT2D eigenvalue weighted by atomic mass is 32.2. The highest BCUT2D eigenvalue weighted by molar-refractivity contribution is 7.98. The van der Waals surface area contributed by atoms with Crippen molar-refractivity contribution in [1.29, 1.82) is 0 Å². The molecule has 1 fully saturated rings. The normalized spacial score (nSPS) is 22.0. The van der Waals surface area contributed by atoms with Gasteiger partial charge >= 0.3 is 0 Å². The Bertz CT molecular complexity index is 838. The summed E-state index contributed by atoms with van der Waals surface area (Å²) in [7, 11) is -0.503. The largest absolute Gasteiger partial charge is 0.282 e. The van der Waals surface area contributed by atoms with E-state index in [1.807, 2.05) is 41.2 Å². The summed E-state index contributed by atoms with van der Waals surface area (Å²) < 4.78 is 30.1. The van der Waals surface area contributed by atoms with Crippen LogP contribution in [0.25, 0.3) is 5.69 Å². The SMILES string of the molecule is CSc1nnc([C@@H]2C[C@@H](S)CN2S(=O)(=O)N(C)C)n1-c1ccccc1. The molecule has 0 N–H and O–H groups in total. The molecule has 1 aliphatic heterocycles. The summed E-state index contributed by atoms with van der Waals surface area (Å²) in [6, 6.07) is 9.34. The number of benzene rings is 1. The van der Waals surface area contributed by atoms with Gasteiger partial charge in [0.2, 0.25) is 0 Å². The zero-order valence-corrected chi connectivity index (χ0v) is 16.8. The number of thiol groups is 1. The van der Waals surface area contributed by atoms with Gasteiger partial charge in [0.25, 0.3) is 10.2 Å². The number of nitrogens with zero attached hydrogens (tertiary/aromatic N) is 5. The third-order valence-corrected chi connectivity index (χ3v) is 7.07. The van der Waals surface area contributed by atoms with Gasteiger partial charge in [-0.1, -0.05) is 30.0 Å². The number of para-hydroxylation sites is 1. The van der Waals surface area contributed by atoms with Crippen molar-refractivity contribution in [2.45, 2.75) is 22.9 Å². The maximum atomic E-state index is 12.7. The molecule has 0 bridgehead atoms. The van der Waals surface area contributed by atoms with Gasteiger partial charge < -0.3 is 0 Å². The summed E-state index contributed by atoms with van der Waals surface area (Å²) in [5.74, 6) is 0.623. The monoisotopic (exact) mass is 399 g/mol. The van der Waals surface area contributed by atoms with Gasteiger partial charge in [-0.2, -0.15) is 29.7 Å². The van der Waals surface area contributed by atoms with E-state index in [0.717, 1.165) is 10.8 Å². The van der Waals surface area contributed by atoms with Gasteiger partial charge in [-0.3, -0.25) is 4.57 Å². The molecule has 1 aromatic heterocycles. The molecule has 0 spiro atoms. The Labute approximate surface area is 158 Å². The van der Waals surface area contributed by atoms with Crippen molar-refractivity contribution in [3.63, 3.8) is 0 Å². The summed E-state index contributed by atoms with van der Waals surface area (Å²) in [5, 5.41) is 9.28. The van der Waals surface area contributed by atoms with Crippen molar-refractivity contribution >= 4 is 34.6 Å². The van der Waals surface area contributed by atoms with Gasteiger partial charge in [-0.15, -0.1) is 10.2 Å². The minimum absolute atomic E-state index is 0.0432. The molecule has 136 valence electrons. The Morgan fingerprint density at radius 1 is 1.24 bits per heavy atom. The van der Waals surface area contributed by atoms with E-state index in [-0.39, 0.29) is 5.25 Å². The zero-order chi connectivity index (χ0) is 18.2. The Morgan fingerprint density at radius 2 is 1.92 bits per heavy atom. The predicted octanol–water partition coefficient (Wildman–Crippen LogP) is 1.84. The second-order valence-electron chi connectivity index (χ2n) is 5.98. The topological polar surface area (TPSA) is 71.3 Å². The average molecular weight is 400 g/mol. The summed E-state index contributed by atoms with van der Waals surface area (Å²) in [6.07, 6.45) is 2.52. The van der Waals surface area contributed by atoms with E-state index in [0.29, 0.717) is 18.8 Å². The van der Waals surface area contributed by atoms with E-state index in [4.69, 9.17) is 0 Å². The number of hydrogen-bond donors (Lipinski definition) is 1. The van der Waals surface area contributed by atoms with E-state index in [1.54, 1.807) is 0 Å². The van der Waals surface area contributed by atoms with Crippen LogP contribution in [0.15, 0.2) is 35.5 Å². The van der Waals surface area contributed by atoms with Crippen LogP contribution in [-0.2, 0) is 10.2 Å². The van der Waals surface area contributed by atoms with Gasteiger partial charge in [0.05, 0.1) is 6.04 Å². The van der Waals surface area contributed by atoms with Crippen molar-refractivity contribution in [2.75, 3.05) is 26.9 Å². The minimum Gasteiger partial charge on any atom is -0.273 e. The van der Waals surface area contributed by atoms with Gasteiger partial charge in [0.15, 0.2) is 11.0 Å². The van der Waals surface area contributed by atoms with Crippen LogP contribution in [0.3, 0.4) is 0 Å². The maximum Gasteiger partial charge on any atom is 0.282 e. The lowest BCUT2D eigenvalue weighted by Gasteiger charge is -2.26. The first kappa shape index (κ1) is 18.7. The van der Waals surface area contributed by atoms with E-state index in [2.05, 4.69) is 22.8 Å². The molecule has 25 heavy (non-hydrogen) atoms. The lowest BCUT2D eigenvalue weighted by atomic mass is 10.2. The minimum atomic E-state index is -3.57. The molecular weight excluding hydrogens is 378 g/mol. The Balaban J connectivity index is 2.11. The second kappa shape index (κ2) is 7.28. The third-order valence-electron chi connectivity index (χ3n) is 4.14. The molecule has 0 amide bonds. The summed E-state index contributed by atoms with van der Waals surface area (Å²) in [5.41, 5.74) is 0.914. The third kappa shape index (κ3) is 3.45. The molecule has 7 nitrogen and oxygen atoms in total. The summed E-state index contributed by atoms with van der Waals surface area (Å²) in [4.78, 5) is 0. The van der Waals surface area contributed by atoms with Crippen molar-refractivity contribution < 1.29 is 8.42 Å². The van der Waals surface area contributed by atoms with Crippen molar-refractivity contribution in [1.82, 2.24) is 23.4 Å². The molecule has 1 aromatic carbocycles. The molecule has 10 heteroatoms. The van der Waals surface area contributed by atoms with Crippen LogP contribution in [0.4, 0.5) is 0 Å². The lowest BCUT2D eigenvalue weighted by Crippen LogP contribution is -2.40. The molecule has 3 rings (SSSR count). The molecule has 2 atom stereocenters. The van der Waals surface area contributed by atoms with Crippen molar-refractivity contribution in [3.05, 3.63) is 36.2 Å². The van der Waals surface area contributed by atoms with Gasteiger partial charge in [0, 0.05) is 31.6 Å². The standard InChI is InChI=1S/C15H21N5O2S3/c1-18(2)25(21,22)19-10-12(23)9-13(19)14-16-17-15(24-3)20(14)11-7-5-4-6-8-11/h4-8,12-13,23H,9-10H2,1-3H3/t12-,13+/m1/s1. The van der Waals surface area contributed by atoms with Crippen LogP contribution in [0.2, 0.25) is 0 Å². The lowest BCUT2D eigenvalue weighted by molar-refractivity contribution is 0.349. The molecule has 1 aliphatic rings. The molecular formula is C15H21N5O2S3. The van der Waals surface area contributed by atoms with E-state index >= 15 is 0 Å². The number of rotatable bonds is 5. The molecule has 0 aliphatic carbocycles. The number of hydrogen-bond acceptors (Lipinski definition) is 6. The second-order valence-corrected chi connectivity index (χ2v) is 9.58. The fourth-order valence-corrected chi connectivity index (χ4v) is 5.21. The summed E-state index contributed by atoms with van der Waals surface area (Å²) >= 11 is 6.00. The van der Waals surface area contributed by atoms with Crippen LogP contribution < -0.4 is 0 Å². The zero-order valence-electron chi connectivity index (χ0n) is 14.3. The average Bonchev–Trinajstić information content (AvgIpc) is 3.18. The first-order valence-corrected chi connectivity index (χ1v) is 10.9. The maximum absolute atomic E-state index is 12.7. The molecule has 2 heterocycles. The van der Waals surface area contributed by atoms with E-state index in [1.165, 1.54) is 34.5 Å². The number of thioether (sulfide) groups is 1. The fourth-order valence-electron chi connectivity index (χ4n) is 2.93. The fraction of sp³-hybridized carbons (Fsp3) is 0.467. The first-order valence-electron chi connectivity index (χ1n) is 7.78. The molecule has 2 aromatic rings. The van der Waals surface area contributed by atoms with Gasteiger partial charge in [0.1, 0.15) is 0 Å².